The zero-order valence-electron chi connectivity index (χ0n) is 19.6. The number of aliphatic hydroxyl groups is 1. The lowest BCUT2D eigenvalue weighted by Gasteiger charge is -2.58. The van der Waals surface area contributed by atoms with Crippen LogP contribution in [0.15, 0.2) is 34.0 Å². The third-order valence-electron chi connectivity index (χ3n) is 7.37. The smallest absolute Gasteiger partial charge is 0.333 e. The fourth-order valence-corrected chi connectivity index (χ4v) is 5.01. The molecule has 5 unspecified atom stereocenters. The maximum Gasteiger partial charge on any atom is 0.333 e. The van der Waals surface area contributed by atoms with Crippen molar-refractivity contribution in [3.63, 3.8) is 0 Å². The largest absolute Gasteiger partial charge is 0.465 e. The van der Waals surface area contributed by atoms with E-state index in [1.54, 1.807) is 26.2 Å². The molecular weight excluding hydrogens is 396 g/mol. The fourth-order valence-electron chi connectivity index (χ4n) is 5.01. The zero-order valence-corrected chi connectivity index (χ0v) is 19.6. The Bertz CT molecular complexity index is 934. The van der Waals surface area contributed by atoms with Crippen molar-refractivity contribution >= 4 is 11.9 Å². The van der Waals surface area contributed by atoms with E-state index in [0.717, 1.165) is 16.7 Å². The first-order chi connectivity index (χ1) is 14.4. The van der Waals surface area contributed by atoms with Gasteiger partial charge in [-0.3, -0.25) is 0 Å². The van der Waals surface area contributed by atoms with Crippen LogP contribution in [0.4, 0.5) is 0 Å². The number of hydrogen-bond donors (Lipinski definition) is 1. The molecule has 0 spiro atoms. The van der Waals surface area contributed by atoms with Gasteiger partial charge in [0.2, 0.25) is 0 Å². The lowest BCUT2D eigenvalue weighted by molar-refractivity contribution is -0.239. The van der Waals surface area contributed by atoms with Gasteiger partial charge in [-0.2, -0.15) is 0 Å². The van der Waals surface area contributed by atoms with Crippen LogP contribution in [0.25, 0.3) is 0 Å². The average Bonchev–Trinajstić information content (AvgIpc) is 3.05. The molecule has 1 N–H and O–H groups in total. The van der Waals surface area contributed by atoms with Crippen LogP contribution in [0.2, 0.25) is 0 Å². The van der Waals surface area contributed by atoms with E-state index in [0.29, 0.717) is 30.6 Å². The summed E-state index contributed by atoms with van der Waals surface area (Å²) in [6.45, 7) is 13.1. The predicted octanol–water partition coefficient (Wildman–Crippen LogP) is 4.74. The fraction of sp³-hybridized carbons (Fsp3) is 0.600. The van der Waals surface area contributed by atoms with Gasteiger partial charge in [-0.05, 0) is 59.4 Å². The SMILES string of the molecule is CC=C(C)C(=O)OC1CCC2(O)C(OC(=O)C=C(C)C)c3occ(C)c3CC2(C)C1C. The Morgan fingerprint density at radius 3 is 2.55 bits per heavy atom. The second kappa shape index (κ2) is 8.30. The van der Waals surface area contributed by atoms with Gasteiger partial charge < -0.3 is 19.0 Å². The molecule has 0 amide bonds. The molecule has 31 heavy (non-hydrogen) atoms. The van der Waals surface area contributed by atoms with Crippen molar-refractivity contribution in [1.82, 2.24) is 0 Å². The molecule has 1 fully saturated rings. The summed E-state index contributed by atoms with van der Waals surface area (Å²) in [5.41, 5.74) is 1.26. The van der Waals surface area contributed by atoms with Gasteiger partial charge in [0.05, 0.1) is 6.26 Å². The van der Waals surface area contributed by atoms with E-state index in [2.05, 4.69) is 0 Å². The Balaban J connectivity index is 2.01. The predicted molar refractivity (Wildman–Crippen MR) is 116 cm³/mol. The number of fused-ring (bicyclic) bond motifs is 2. The number of aryl methyl sites for hydroxylation is 1. The van der Waals surface area contributed by atoms with E-state index in [-0.39, 0.29) is 18.0 Å². The van der Waals surface area contributed by atoms with Gasteiger partial charge in [-0.25, -0.2) is 9.59 Å². The van der Waals surface area contributed by atoms with Crippen LogP contribution in [0.5, 0.6) is 0 Å². The van der Waals surface area contributed by atoms with E-state index in [1.807, 2.05) is 34.6 Å². The summed E-state index contributed by atoms with van der Waals surface area (Å²) in [6, 6.07) is 0. The Hall–Kier alpha value is -2.34. The minimum absolute atomic E-state index is 0.160. The Labute approximate surface area is 184 Å². The van der Waals surface area contributed by atoms with Gasteiger partial charge in [-0.1, -0.05) is 25.5 Å². The second-order valence-corrected chi connectivity index (χ2v) is 9.56. The van der Waals surface area contributed by atoms with E-state index in [1.165, 1.54) is 6.08 Å². The normalized spacial score (nSPS) is 32.5. The van der Waals surface area contributed by atoms with Gasteiger partial charge in [-0.15, -0.1) is 0 Å². The molecule has 1 aromatic heterocycles. The molecule has 1 heterocycles. The molecule has 0 saturated heterocycles. The summed E-state index contributed by atoms with van der Waals surface area (Å²) in [5, 5.41) is 12.0. The van der Waals surface area contributed by atoms with E-state index in [9.17, 15) is 14.7 Å². The number of allylic oxidation sites excluding steroid dienone is 2. The monoisotopic (exact) mass is 430 g/mol. The van der Waals surface area contributed by atoms with E-state index in [4.69, 9.17) is 13.9 Å². The molecule has 1 saturated carbocycles. The highest BCUT2D eigenvalue weighted by molar-refractivity contribution is 5.87. The first kappa shape index (κ1) is 23.3. The first-order valence-corrected chi connectivity index (χ1v) is 10.9. The minimum Gasteiger partial charge on any atom is -0.465 e. The molecular formula is C25H34O6. The maximum absolute atomic E-state index is 12.5. The minimum atomic E-state index is -1.34. The average molecular weight is 431 g/mol. The van der Waals surface area contributed by atoms with Crippen molar-refractivity contribution in [3.8, 4) is 0 Å². The number of furan rings is 1. The molecule has 6 heteroatoms. The molecule has 6 nitrogen and oxygen atoms in total. The summed E-state index contributed by atoms with van der Waals surface area (Å²) in [7, 11) is 0. The molecule has 1 aromatic rings. The van der Waals surface area contributed by atoms with E-state index >= 15 is 0 Å². The van der Waals surface area contributed by atoms with Gasteiger partial charge in [0, 0.05) is 28.5 Å². The lowest BCUT2D eigenvalue weighted by Crippen LogP contribution is -2.63. The molecule has 2 aliphatic carbocycles. The van der Waals surface area contributed by atoms with Crippen molar-refractivity contribution < 1.29 is 28.6 Å². The van der Waals surface area contributed by atoms with Crippen LogP contribution in [-0.4, -0.2) is 28.8 Å². The summed E-state index contributed by atoms with van der Waals surface area (Å²) in [6.07, 6.45) is 4.89. The van der Waals surface area contributed by atoms with Crippen molar-refractivity contribution in [1.29, 1.82) is 0 Å². The van der Waals surface area contributed by atoms with Crippen molar-refractivity contribution in [2.75, 3.05) is 0 Å². The summed E-state index contributed by atoms with van der Waals surface area (Å²) in [4.78, 5) is 24.9. The highest BCUT2D eigenvalue weighted by Gasteiger charge is 2.65. The molecule has 0 bridgehead atoms. The highest BCUT2D eigenvalue weighted by Crippen LogP contribution is 2.60. The van der Waals surface area contributed by atoms with Crippen molar-refractivity contribution in [2.24, 2.45) is 11.3 Å². The number of hydrogen-bond acceptors (Lipinski definition) is 6. The van der Waals surface area contributed by atoms with Crippen LogP contribution in [-0.2, 0) is 25.5 Å². The van der Waals surface area contributed by atoms with Crippen molar-refractivity contribution in [2.45, 2.75) is 85.5 Å². The van der Waals surface area contributed by atoms with Crippen LogP contribution in [0.1, 0.15) is 77.4 Å². The molecule has 0 radical (unpaired) electrons. The quantitative estimate of drug-likeness (QED) is 0.548. The molecule has 5 atom stereocenters. The number of rotatable bonds is 4. The Morgan fingerprint density at radius 2 is 1.94 bits per heavy atom. The van der Waals surface area contributed by atoms with Crippen molar-refractivity contribution in [3.05, 3.63) is 46.4 Å². The first-order valence-electron chi connectivity index (χ1n) is 10.9. The number of esters is 2. The maximum atomic E-state index is 12.5. The van der Waals surface area contributed by atoms with Crippen LogP contribution in [0, 0.1) is 18.3 Å². The van der Waals surface area contributed by atoms with Gasteiger partial charge in [0.15, 0.2) is 11.9 Å². The lowest BCUT2D eigenvalue weighted by atomic mass is 9.51. The number of ether oxygens (including phenoxy) is 2. The third-order valence-corrected chi connectivity index (χ3v) is 7.37. The zero-order chi connectivity index (χ0) is 23.1. The third kappa shape index (κ3) is 3.86. The Morgan fingerprint density at radius 1 is 1.26 bits per heavy atom. The Kier molecular flexibility index (Phi) is 6.25. The molecule has 2 aliphatic rings. The summed E-state index contributed by atoms with van der Waals surface area (Å²) < 4.78 is 17.4. The second-order valence-electron chi connectivity index (χ2n) is 9.56. The summed E-state index contributed by atoms with van der Waals surface area (Å²) in [5.74, 6) is -0.490. The van der Waals surface area contributed by atoms with E-state index < -0.39 is 23.1 Å². The number of carbonyl (C=O) groups excluding carboxylic acids is 2. The van der Waals surface area contributed by atoms with Gasteiger partial charge >= 0.3 is 11.9 Å². The topological polar surface area (TPSA) is 86.0 Å². The highest BCUT2D eigenvalue weighted by atomic mass is 16.6. The van der Waals surface area contributed by atoms with Gasteiger partial charge in [0.25, 0.3) is 0 Å². The molecule has 0 aromatic carbocycles. The van der Waals surface area contributed by atoms with Crippen LogP contribution in [0.3, 0.4) is 0 Å². The number of carbonyl (C=O) groups is 2. The standard InChI is InChI=1S/C25H34O6/c1-8-15(4)23(27)30-19-9-10-25(28)22(31-20(26)11-14(2)3)21-18(16(5)13-29-21)12-24(25,7)17(19)6/h8,11,13,17,19,22,28H,9-10,12H2,1-7H3. The molecule has 170 valence electrons. The van der Waals surface area contributed by atoms with Crippen LogP contribution >= 0.6 is 0 Å². The molecule has 0 aliphatic heterocycles. The molecule has 3 rings (SSSR count). The van der Waals surface area contributed by atoms with Gasteiger partial charge in [0.1, 0.15) is 11.7 Å². The summed E-state index contributed by atoms with van der Waals surface area (Å²) >= 11 is 0. The van der Waals surface area contributed by atoms with Crippen LogP contribution < -0.4 is 0 Å².